The molecule has 0 amide bonds. The summed E-state index contributed by atoms with van der Waals surface area (Å²) in [5, 5.41) is 1.15. The highest BCUT2D eigenvalue weighted by atomic mass is 32.1. The zero-order valence-corrected chi connectivity index (χ0v) is 18.2. The minimum atomic E-state index is 0.797. The van der Waals surface area contributed by atoms with E-state index in [1.807, 2.05) is 30.3 Å². The molecule has 3 nitrogen and oxygen atoms in total. The largest absolute Gasteiger partial charge is 0.303 e. The Morgan fingerprint density at radius 2 is 1.70 bits per heavy atom. The van der Waals surface area contributed by atoms with Crippen molar-refractivity contribution in [2.75, 3.05) is 0 Å². The van der Waals surface area contributed by atoms with Crippen molar-refractivity contribution in [1.29, 1.82) is 0 Å². The molecule has 5 aromatic rings. The fraction of sp³-hybridized carbons (Fsp3) is 0.154. The Morgan fingerprint density at radius 3 is 2.40 bits per heavy atom. The number of hydrogen-bond donors (Lipinski definition) is 0. The van der Waals surface area contributed by atoms with Crippen LogP contribution in [-0.4, -0.2) is 15.7 Å². The third-order valence-corrected chi connectivity index (χ3v) is 6.13. The molecule has 0 unspecified atom stereocenters. The van der Waals surface area contributed by atoms with Gasteiger partial charge in [-0.3, -0.25) is 4.79 Å². The number of aryl methyl sites for hydroxylation is 3. The molecule has 0 bridgehead atoms. The van der Waals surface area contributed by atoms with Crippen LogP contribution in [0.2, 0.25) is 0 Å². The fourth-order valence-electron chi connectivity index (χ4n) is 3.54. The lowest BCUT2D eigenvalue weighted by Gasteiger charge is -2.03. The van der Waals surface area contributed by atoms with Crippen molar-refractivity contribution in [3.63, 3.8) is 0 Å². The van der Waals surface area contributed by atoms with Crippen molar-refractivity contribution >= 4 is 33.4 Å². The van der Waals surface area contributed by atoms with Gasteiger partial charge in [0.25, 0.3) is 0 Å². The Bertz CT molecular complexity index is 1280. The van der Waals surface area contributed by atoms with Gasteiger partial charge in [0.1, 0.15) is 5.65 Å². The van der Waals surface area contributed by atoms with E-state index in [9.17, 15) is 4.79 Å². The van der Waals surface area contributed by atoms with Crippen LogP contribution >= 0.6 is 11.3 Å². The first-order valence-corrected chi connectivity index (χ1v) is 10.9. The molecule has 30 heavy (non-hydrogen) atoms. The van der Waals surface area contributed by atoms with E-state index in [1.54, 1.807) is 0 Å². The summed E-state index contributed by atoms with van der Waals surface area (Å²) in [5.41, 5.74) is 7.15. The number of fused-ring (bicyclic) bond motifs is 2. The molecule has 4 heteroatoms. The van der Waals surface area contributed by atoms with E-state index in [1.165, 1.54) is 38.4 Å². The van der Waals surface area contributed by atoms with Crippen LogP contribution in [0, 0.1) is 13.8 Å². The Morgan fingerprint density at radius 1 is 0.967 bits per heavy atom. The summed E-state index contributed by atoms with van der Waals surface area (Å²) in [7, 11) is 0. The van der Waals surface area contributed by atoms with E-state index in [0.29, 0.717) is 0 Å². The molecule has 0 saturated heterocycles. The number of carbonyl (C=O) groups is 1. The summed E-state index contributed by atoms with van der Waals surface area (Å²) in [5.74, 6) is 0. The Kier molecular flexibility index (Phi) is 5.77. The topological polar surface area (TPSA) is 34.4 Å². The highest BCUT2D eigenvalue weighted by Crippen LogP contribution is 2.26. The van der Waals surface area contributed by atoms with E-state index in [4.69, 9.17) is 4.98 Å². The molecule has 0 N–H and O–H groups in total. The summed E-state index contributed by atoms with van der Waals surface area (Å²) < 4.78 is 3.39. The third-order valence-electron chi connectivity index (χ3n) is 5.09. The van der Waals surface area contributed by atoms with Crippen molar-refractivity contribution in [2.24, 2.45) is 0 Å². The van der Waals surface area contributed by atoms with Crippen molar-refractivity contribution in [2.45, 2.75) is 27.2 Å². The zero-order chi connectivity index (χ0) is 21.1. The quantitative estimate of drug-likeness (QED) is 0.302. The smallest absolute Gasteiger partial charge is 0.160 e. The predicted octanol–water partition coefficient (Wildman–Crippen LogP) is 6.89. The van der Waals surface area contributed by atoms with Crippen molar-refractivity contribution < 1.29 is 4.79 Å². The number of hydrogen-bond acceptors (Lipinski definition) is 3. The van der Waals surface area contributed by atoms with E-state index >= 15 is 0 Å². The summed E-state index contributed by atoms with van der Waals surface area (Å²) in [6.07, 6.45) is 4.04. The fourth-order valence-corrected chi connectivity index (χ4v) is 4.42. The van der Waals surface area contributed by atoms with Gasteiger partial charge in [-0.2, -0.15) is 0 Å². The number of benzene rings is 2. The molecule has 0 aliphatic carbocycles. The lowest BCUT2D eigenvalue weighted by Crippen LogP contribution is -1.93. The molecule has 5 rings (SSSR count). The normalized spacial score (nSPS) is 10.8. The molecule has 0 saturated carbocycles. The van der Waals surface area contributed by atoms with Crippen LogP contribution in [0.1, 0.15) is 33.4 Å². The van der Waals surface area contributed by atoms with Gasteiger partial charge in [-0.1, -0.05) is 61.0 Å². The number of imidazole rings is 1. The summed E-state index contributed by atoms with van der Waals surface area (Å²) in [4.78, 5) is 16.0. The van der Waals surface area contributed by atoms with E-state index in [2.05, 4.69) is 67.8 Å². The molecule has 150 valence electrons. The minimum absolute atomic E-state index is 0.797. The lowest BCUT2D eigenvalue weighted by atomic mass is 10.1. The molecule has 0 atom stereocenters. The van der Waals surface area contributed by atoms with Gasteiger partial charge in [0.15, 0.2) is 6.29 Å². The Labute approximate surface area is 180 Å². The molecule has 0 fully saturated rings. The first-order valence-electron chi connectivity index (χ1n) is 10.1. The first kappa shape index (κ1) is 20.0. The maximum Gasteiger partial charge on any atom is 0.160 e. The number of thiophene rings is 1. The van der Waals surface area contributed by atoms with Crippen LogP contribution < -0.4 is 0 Å². The number of aldehydes is 1. The molecule has 3 aromatic heterocycles. The van der Waals surface area contributed by atoms with Gasteiger partial charge in [-0.05, 0) is 49.4 Å². The highest BCUT2D eigenvalue weighted by Gasteiger charge is 2.12. The second kappa shape index (κ2) is 8.64. The van der Waals surface area contributed by atoms with Gasteiger partial charge in [0.05, 0.1) is 16.3 Å². The molecule has 3 heterocycles. The summed E-state index contributed by atoms with van der Waals surface area (Å²) in [6.45, 7) is 6.41. The maximum absolute atomic E-state index is 10.4. The summed E-state index contributed by atoms with van der Waals surface area (Å²) >= 11 is 1.53. The van der Waals surface area contributed by atoms with Gasteiger partial charge in [0.2, 0.25) is 0 Å². The molecule has 2 aromatic carbocycles. The van der Waals surface area contributed by atoms with Crippen LogP contribution in [-0.2, 0) is 6.42 Å². The first-order chi connectivity index (χ1) is 14.6. The standard InChI is InChI=1S/C17H18N2.C9H6OS/c1-4-15-17(14-8-5-12(2)6-9-14)18-16-10-7-13(3)11-19(15)16;10-6-8-5-7-3-1-2-4-9(7)11-8/h5-11H,4H2,1-3H3;1-6H. The van der Waals surface area contributed by atoms with Gasteiger partial charge in [0, 0.05) is 16.5 Å². The molecule has 0 aliphatic rings. The van der Waals surface area contributed by atoms with E-state index in [0.717, 1.165) is 34.3 Å². The Balaban J connectivity index is 0.000000168. The molecular weight excluding hydrogens is 388 g/mol. The Hall–Kier alpha value is -3.24. The van der Waals surface area contributed by atoms with Crippen LogP contribution in [0.15, 0.2) is 72.9 Å². The monoisotopic (exact) mass is 412 g/mol. The maximum atomic E-state index is 10.4. The SMILES string of the molecule is CCc1c(-c2ccc(C)cc2)nc2ccc(C)cn12.O=Cc1cc2ccccc2s1. The minimum Gasteiger partial charge on any atom is -0.303 e. The lowest BCUT2D eigenvalue weighted by molar-refractivity contribution is 0.112. The van der Waals surface area contributed by atoms with Crippen molar-refractivity contribution in [1.82, 2.24) is 9.38 Å². The van der Waals surface area contributed by atoms with Gasteiger partial charge in [-0.25, -0.2) is 4.98 Å². The van der Waals surface area contributed by atoms with Crippen molar-refractivity contribution in [3.8, 4) is 11.3 Å². The molecule has 0 aliphatic heterocycles. The number of rotatable bonds is 3. The van der Waals surface area contributed by atoms with Gasteiger partial charge in [-0.15, -0.1) is 11.3 Å². The third kappa shape index (κ3) is 4.05. The number of aromatic nitrogens is 2. The second-order valence-electron chi connectivity index (χ2n) is 7.37. The van der Waals surface area contributed by atoms with Crippen LogP contribution in [0.3, 0.4) is 0 Å². The molecule has 0 radical (unpaired) electrons. The average Bonchev–Trinajstić information content (AvgIpc) is 3.35. The molecular formula is C26H24N2OS. The predicted molar refractivity (Wildman–Crippen MR) is 127 cm³/mol. The van der Waals surface area contributed by atoms with Gasteiger partial charge >= 0.3 is 0 Å². The summed E-state index contributed by atoms with van der Waals surface area (Å²) in [6, 6.07) is 22.7. The van der Waals surface area contributed by atoms with Crippen LogP contribution in [0.4, 0.5) is 0 Å². The average molecular weight is 413 g/mol. The highest BCUT2D eigenvalue weighted by molar-refractivity contribution is 7.20. The number of nitrogens with zero attached hydrogens (tertiary/aromatic N) is 2. The van der Waals surface area contributed by atoms with Crippen molar-refractivity contribution in [3.05, 3.63) is 94.6 Å². The van der Waals surface area contributed by atoms with Crippen LogP contribution in [0.5, 0.6) is 0 Å². The number of pyridine rings is 1. The number of carbonyl (C=O) groups excluding carboxylic acids is 1. The van der Waals surface area contributed by atoms with Gasteiger partial charge < -0.3 is 4.40 Å². The van der Waals surface area contributed by atoms with E-state index < -0.39 is 0 Å². The molecule has 0 spiro atoms. The second-order valence-corrected chi connectivity index (χ2v) is 8.48. The zero-order valence-electron chi connectivity index (χ0n) is 17.4. The van der Waals surface area contributed by atoms with Crippen LogP contribution in [0.25, 0.3) is 27.0 Å². The van der Waals surface area contributed by atoms with E-state index in [-0.39, 0.29) is 0 Å².